The third-order valence-electron chi connectivity index (χ3n) is 5.49. The summed E-state index contributed by atoms with van der Waals surface area (Å²) in [7, 11) is 0. The molecule has 8 nitrogen and oxygen atoms in total. The Kier molecular flexibility index (Phi) is 7.65. The average Bonchev–Trinajstić information content (AvgIpc) is 2.82. The van der Waals surface area contributed by atoms with E-state index in [-0.39, 0.29) is 11.5 Å². The predicted octanol–water partition coefficient (Wildman–Crippen LogP) is 2.40. The van der Waals surface area contributed by atoms with Gasteiger partial charge in [0.15, 0.2) is 17.2 Å². The summed E-state index contributed by atoms with van der Waals surface area (Å²) in [4.78, 5) is 55.9. The summed E-state index contributed by atoms with van der Waals surface area (Å²) in [6.45, 7) is 3.79. The smallest absolute Gasteiger partial charge is 0.251 e. The Labute approximate surface area is 197 Å². The second-order valence-electron chi connectivity index (χ2n) is 8.67. The number of carbonyl (C=O) groups excluding carboxylic acids is 4. The fraction of sp³-hybridized carbons (Fsp3) is 0.269. The zero-order valence-electron chi connectivity index (χ0n) is 19.2. The number of nitrogens with zero attached hydrogens (tertiary/aromatic N) is 1. The van der Waals surface area contributed by atoms with Gasteiger partial charge in [0.1, 0.15) is 0 Å². The van der Waals surface area contributed by atoms with Crippen molar-refractivity contribution in [1.29, 1.82) is 0 Å². The summed E-state index contributed by atoms with van der Waals surface area (Å²) in [5.74, 6) is -2.70. The zero-order valence-corrected chi connectivity index (χ0v) is 19.2. The van der Waals surface area contributed by atoms with Crippen LogP contribution in [-0.2, 0) is 9.59 Å². The quantitative estimate of drug-likeness (QED) is 0.239. The SMILES string of the molecule is CC(C)C[C@H](NC(=O)c1ccccc1)C(=O)CC(=O)C(N)(N)C(=O)c1cccc2cccnc12. The number of carbonyl (C=O) groups is 4. The van der Waals surface area contributed by atoms with Gasteiger partial charge in [0.25, 0.3) is 5.91 Å². The largest absolute Gasteiger partial charge is 0.342 e. The van der Waals surface area contributed by atoms with Crippen LogP contribution in [0.5, 0.6) is 0 Å². The Bertz CT molecular complexity index is 1220. The lowest BCUT2D eigenvalue weighted by molar-refractivity contribution is -0.130. The number of amides is 1. The van der Waals surface area contributed by atoms with Gasteiger partial charge >= 0.3 is 0 Å². The second-order valence-corrected chi connectivity index (χ2v) is 8.67. The third-order valence-corrected chi connectivity index (χ3v) is 5.49. The zero-order chi connectivity index (χ0) is 24.9. The van der Waals surface area contributed by atoms with Crippen LogP contribution in [0.3, 0.4) is 0 Å². The van der Waals surface area contributed by atoms with Crippen molar-refractivity contribution in [2.45, 2.75) is 38.4 Å². The van der Waals surface area contributed by atoms with E-state index in [2.05, 4.69) is 10.3 Å². The fourth-order valence-electron chi connectivity index (χ4n) is 3.64. The molecule has 3 aromatic rings. The van der Waals surface area contributed by atoms with Gasteiger partial charge in [0.05, 0.1) is 18.0 Å². The molecule has 0 aliphatic rings. The lowest BCUT2D eigenvalue weighted by Crippen LogP contribution is -2.63. The van der Waals surface area contributed by atoms with E-state index in [4.69, 9.17) is 11.5 Å². The molecule has 0 aliphatic heterocycles. The maximum absolute atomic E-state index is 13.1. The molecule has 3 rings (SSSR count). The van der Waals surface area contributed by atoms with Gasteiger partial charge in [-0.15, -0.1) is 0 Å². The predicted molar refractivity (Wildman–Crippen MR) is 129 cm³/mol. The summed E-state index contributed by atoms with van der Waals surface area (Å²) in [6, 6.07) is 15.9. The topological polar surface area (TPSA) is 145 Å². The first-order chi connectivity index (χ1) is 16.1. The number of nitrogens with two attached hydrogens (primary N) is 2. The van der Waals surface area contributed by atoms with Crippen molar-refractivity contribution < 1.29 is 19.2 Å². The maximum Gasteiger partial charge on any atom is 0.251 e. The van der Waals surface area contributed by atoms with Crippen LogP contribution < -0.4 is 16.8 Å². The van der Waals surface area contributed by atoms with Crippen molar-refractivity contribution in [2.75, 3.05) is 0 Å². The molecule has 0 saturated heterocycles. The van der Waals surface area contributed by atoms with Crippen molar-refractivity contribution >= 4 is 34.2 Å². The van der Waals surface area contributed by atoms with Crippen LogP contribution in [0.2, 0.25) is 0 Å². The van der Waals surface area contributed by atoms with Crippen molar-refractivity contribution in [2.24, 2.45) is 17.4 Å². The first-order valence-corrected chi connectivity index (χ1v) is 11.0. The van der Waals surface area contributed by atoms with Crippen LogP contribution >= 0.6 is 0 Å². The Hall–Kier alpha value is -3.75. The highest BCUT2D eigenvalue weighted by Gasteiger charge is 2.40. The Balaban J connectivity index is 1.78. The van der Waals surface area contributed by atoms with Crippen LogP contribution in [0.15, 0.2) is 66.9 Å². The number of aromatic nitrogens is 1. The molecule has 0 aliphatic carbocycles. The van der Waals surface area contributed by atoms with E-state index in [1.165, 1.54) is 12.3 Å². The van der Waals surface area contributed by atoms with Crippen LogP contribution in [0.4, 0.5) is 0 Å². The number of nitrogens with one attached hydrogen (secondary N) is 1. The van der Waals surface area contributed by atoms with Gasteiger partial charge in [-0.3, -0.25) is 24.2 Å². The molecule has 0 saturated carbocycles. The minimum atomic E-state index is -2.42. The van der Waals surface area contributed by atoms with E-state index < -0.39 is 41.4 Å². The first-order valence-electron chi connectivity index (χ1n) is 11.0. The molecule has 8 heteroatoms. The Morgan fingerprint density at radius 1 is 0.941 bits per heavy atom. The van der Waals surface area contributed by atoms with Crippen LogP contribution in [0.25, 0.3) is 10.9 Å². The first kappa shape index (κ1) is 24.9. The van der Waals surface area contributed by atoms with Crippen molar-refractivity contribution in [3.05, 3.63) is 78.0 Å². The van der Waals surface area contributed by atoms with Gasteiger partial charge in [-0.2, -0.15) is 0 Å². The maximum atomic E-state index is 13.1. The molecule has 0 bridgehead atoms. The van der Waals surface area contributed by atoms with Crippen molar-refractivity contribution in [1.82, 2.24) is 10.3 Å². The van der Waals surface area contributed by atoms with Gasteiger partial charge in [-0.05, 0) is 36.6 Å². The number of fused-ring (bicyclic) bond motifs is 1. The molecule has 176 valence electrons. The average molecular weight is 461 g/mol. The third kappa shape index (κ3) is 5.59. The molecule has 1 heterocycles. The van der Waals surface area contributed by atoms with Crippen LogP contribution in [-0.4, -0.2) is 39.9 Å². The number of pyridine rings is 1. The molecule has 1 aromatic heterocycles. The van der Waals surface area contributed by atoms with Crippen molar-refractivity contribution in [3.8, 4) is 0 Å². The molecular formula is C26H28N4O4. The Morgan fingerprint density at radius 3 is 2.29 bits per heavy atom. The number of hydrogen-bond donors (Lipinski definition) is 3. The number of Topliss-reactive ketones (excluding diaryl/α,β-unsaturated/α-hetero) is 3. The number of rotatable bonds is 10. The Morgan fingerprint density at radius 2 is 1.62 bits per heavy atom. The molecule has 0 fully saturated rings. The molecular weight excluding hydrogens is 432 g/mol. The second kappa shape index (κ2) is 10.5. The molecule has 2 aromatic carbocycles. The molecule has 34 heavy (non-hydrogen) atoms. The van der Waals surface area contributed by atoms with Crippen molar-refractivity contribution in [3.63, 3.8) is 0 Å². The molecule has 1 amide bonds. The standard InChI is InChI=1S/C26H28N4O4/c1-16(2)14-20(30-25(34)18-8-4-3-5-9-18)21(31)15-22(32)26(27,28)24(33)19-12-6-10-17-11-7-13-29-23(17)19/h3-13,16,20H,14-15,27-28H2,1-2H3,(H,30,34)/t20-/m0/s1. The lowest BCUT2D eigenvalue weighted by atomic mass is 9.89. The van der Waals surface area contributed by atoms with Gasteiger partial charge < -0.3 is 16.8 Å². The van der Waals surface area contributed by atoms with Crippen LogP contribution in [0.1, 0.15) is 47.4 Å². The number of benzene rings is 2. The normalized spacial score (nSPS) is 12.4. The van der Waals surface area contributed by atoms with Gasteiger partial charge in [0, 0.05) is 22.7 Å². The summed E-state index contributed by atoms with van der Waals surface area (Å²) >= 11 is 0. The summed E-state index contributed by atoms with van der Waals surface area (Å²) < 4.78 is 0. The van der Waals surface area contributed by atoms with E-state index in [0.29, 0.717) is 22.9 Å². The lowest BCUT2D eigenvalue weighted by Gasteiger charge is -2.24. The summed E-state index contributed by atoms with van der Waals surface area (Å²) in [5, 5.41) is 3.38. The minimum absolute atomic E-state index is 0.0593. The van der Waals surface area contributed by atoms with E-state index in [1.54, 1.807) is 54.6 Å². The van der Waals surface area contributed by atoms with E-state index in [1.807, 2.05) is 13.8 Å². The van der Waals surface area contributed by atoms with Crippen LogP contribution in [0, 0.1) is 5.92 Å². The highest BCUT2D eigenvalue weighted by atomic mass is 16.2. The number of ketones is 3. The van der Waals surface area contributed by atoms with E-state index in [9.17, 15) is 19.2 Å². The van der Waals surface area contributed by atoms with E-state index in [0.717, 1.165) is 0 Å². The molecule has 0 unspecified atom stereocenters. The molecule has 1 atom stereocenters. The highest BCUT2D eigenvalue weighted by molar-refractivity contribution is 6.24. The highest BCUT2D eigenvalue weighted by Crippen LogP contribution is 2.20. The number of para-hydroxylation sites is 1. The summed E-state index contributed by atoms with van der Waals surface area (Å²) in [6.07, 6.45) is 1.14. The fourth-order valence-corrected chi connectivity index (χ4v) is 3.64. The van der Waals surface area contributed by atoms with Gasteiger partial charge in [-0.25, -0.2) is 0 Å². The molecule has 0 radical (unpaired) electrons. The molecule has 0 spiro atoms. The monoisotopic (exact) mass is 460 g/mol. The number of hydrogen-bond acceptors (Lipinski definition) is 7. The molecule has 5 N–H and O–H groups in total. The van der Waals surface area contributed by atoms with E-state index >= 15 is 0 Å². The van der Waals surface area contributed by atoms with Gasteiger partial charge in [-0.1, -0.05) is 50.2 Å². The van der Waals surface area contributed by atoms with Gasteiger partial charge in [0.2, 0.25) is 5.78 Å². The summed E-state index contributed by atoms with van der Waals surface area (Å²) in [5.41, 5.74) is 10.4. The minimum Gasteiger partial charge on any atom is -0.342 e.